The number of benzene rings is 1. The topological polar surface area (TPSA) is 52.6 Å². The molecule has 19 heavy (non-hydrogen) atoms. The second-order valence-corrected chi connectivity index (χ2v) is 5.72. The predicted molar refractivity (Wildman–Crippen MR) is 76.2 cm³/mol. The monoisotopic (exact) mass is 262 g/mol. The molecule has 4 heteroatoms. The van der Waals surface area contributed by atoms with Crippen LogP contribution in [0.5, 0.6) is 0 Å². The zero-order valence-electron chi connectivity index (χ0n) is 11.8. The van der Waals surface area contributed by atoms with Crippen LogP contribution in [0.4, 0.5) is 5.69 Å². The van der Waals surface area contributed by atoms with E-state index in [1.165, 1.54) is 0 Å². The minimum atomic E-state index is -0.294. The van der Waals surface area contributed by atoms with Crippen molar-refractivity contribution in [1.82, 2.24) is 5.32 Å². The predicted octanol–water partition coefficient (Wildman–Crippen LogP) is 1.46. The van der Waals surface area contributed by atoms with E-state index in [1.54, 1.807) is 0 Å². The van der Waals surface area contributed by atoms with Gasteiger partial charge in [-0.25, -0.2) is 0 Å². The zero-order chi connectivity index (χ0) is 14.0. The average molecular weight is 262 g/mol. The van der Waals surface area contributed by atoms with Gasteiger partial charge >= 0.3 is 0 Å². The fourth-order valence-electron chi connectivity index (χ4n) is 2.61. The summed E-state index contributed by atoms with van der Waals surface area (Å²) in [5.41, 5.74) is 1.78. The fraction of sp³-hybridized carbons (Fsp3) is 0.533. The Morgan fingerprint density at radius 2 is 2.11 bits per heavy atom. The molecule has 1 saturated heterocycles. The van der Waals surface area contributed by atoms with Crippen molar-refractivity contribution in [3.63, 3.8) is 0 Å². The average Bonchev–Trinajstić information content (AvgIpc) is 2.35. The van der Waals surface area contributed by atoms with E-state index in [9.17, 15) is 4.79 Å². The Bertz CT molecular complexity index is 471. The van der Waals surface area contributed by atoms with Crippen molar-refractivity contribution >= 4 is 11.6 Å². The third-order valence-corrected chi connectivity index (χ3v) is 3.68. The molecule has 0 aromatic heterocycles. The Morgan fingerprint density at radius 3 is 2.74 bits per heavy atom. The van der Waals surface area contributed by atoms with Crippen molar-refractivity contribution in [3.05, 3.63) is 29.8 Å². The molecule has 0 saturated carbocycles. The normalized spacial score (nSPS) is 22.6. The van der Waals surface area contributed by atoms with Crippen LogP contribution in [-0.4, -0.2) is 35.7 Å². The molecule has 1 unspecified atom stereocenters. The lowest BCUT2D eigenvalue weighted by atomic mass is 9.94. The highest BCUT2D eigenvalue weighted by Crippen LogP contribution is 2.30. The van der Waals surface area contributed by atoms with Crippen LogP contribution in [0.15, 0.2) is 24.3 Å². The molecule has 0 bridgehead atoms. The molecule has 1 aliphatic rings. The van der Waals surface area contributed by atoms with E-state index >= 15 is 0 Å². The number of nitrogens with zero attached hydrogens (tertiary/aromatic N) is 1. The summed E-state index contributed by atoms with van der Waals surface area (Å²) in [4.78, 5) is 14.5. The maximum atomic E-state index is 12.6. The van der Waals surface area contributed by atoms with Gasteiger partial charge in [-0.3, -0.25) is 4.79 Å². The number of amides is 1. The molecule has 1 fully saturated rings. The van der Waals surface area contributed by atoms with E-state index in [1.807, 2.05) is 36.1 Å². The molecule has 104 valence electrons. The smallest absolute Gasteiger partial charge is 0.244 e. The van der Waals surface area contributed by atoms with Crippen molar-refractivity contribution in [2.75, 3.05) is 18.1 Å². The SMILES string of the molecule is Cc1ccccc1N1C(=O)C(CCO)NCC1(C)C. The Labute approximate surface area is 114 Å². The summed E-state index contributed by atoms with van der Waals surface area (Å²) < 4.78 is 0. The number of hydrogen-bond acceptors (Lipinski definition) is 3. The van der Waals surface area contributed by atoms with Gasteiger partial charge in [-0.2, -0.15) is 0 Å². The highest BCUT2D eigenvalue weighted by atomic mass is 16.3. The molecule has 2 rings (SSSR count). The van der Waals surface area contributed by atoms with Gasteiger partial charge in [0.05, 0.1) is 11.6 Å². The number of para-hydroxylation sites is 1. The number of piperazine rings is 1. The van der Waals surface area contributed by atoms with Crippen LogP contribution in [-0.2, 0) is 4.79 Å². The number of aryl methyl sites for hydroxylation is 1. The van der Waals surface area contributed by atoms with Crippen LogP contribution in [0.2, 0.25) is 0 Å². The maximum Gasteiger partial charge on any atom is 0.244 e. The van der Waals surface area contributed by atoms with Gasteiger partial charge in [0.1, 0.15) is 0 Å². The summed E-state index contributed by atoms with van der Waals surface area (Å²) in [5.74, 6) is 0.0413. The van der Waals surface area contributed by atoms with Crippen molar-refractivity contribution < 1.29 is 9.90 Å². The first-order chi connectivity index (χ1) is 8.97. The van der Waals surface area contributed by atoms with Gasteiger partial charge in [0.15, 0.2) is 0 Å². The zero-order valence-corrected chi connectivity index (χ0v) is 11.8. The Balaban J connectivity index is 2.38. The summed E-state index contributed by atoms with van der Waals surface area (Å²) in [6.07, 6.45) is 0.456. The quantitative estimate of drug-likeness (QED) is 0.867. The number of carbonyl (C=O) groups is 1. The third-order valence-electron chi connectivity index (χ3n) is 3.68. The Hall–Kier alpha value is -1.39. The second kappa shape index (κ2) is 5.31. The fourth-order valence-corrected chi connectivity index (χ4v) is 2.61. The van der Waals surface area contributed by atoms with Gasteiger partial charge in [0.2, 0.25) is 5.91 Å². The molecule has 1 amide bonds. The molecule has 0 spiro atoms. The number of aliphatic hydroxyl groups is 1. The summed E-state index contributed by atoms with van der Waals surface area (Å²) in [5, 5.41) is 12.3. The molecule has 1 heterocycles. The van der Waals surface area contributed by atoms with Crippen LogP contribution < -0.4 is 10.2 Å². The lowest BCUT2D eigenvalue weighted by molar-refractivity contribution is -0.123. The molecule has 1 atom stereocenters. The summed E-state index contributed by atoms with van der Waals surface area (Å²) in [6.45, 7) is 6.87. The van der Waals surface area contributed by atoms with Gasteiger partial charge in [0, 0.05) is 18.8 Å². The molecule has 1 aromatic rings. The summed E-state index contributed by atoms with van der Waals surface area (Å²) >= 11 is 0. The molecule has 0 radical (unpaired) electrons. The Morgan fingerprint density at radius 1 is 1.42 bits per heavy atom. The van der Waals surface area contributed by atoms with Gasteiger partial charge in [0.25, 0.3) is 0 Å². The van der Waals surface area contributed by atoms with Crippen molar-refractivity contribution in [2.24, 2.45) is 0 Å². The molecular formula is C15H22N2O2. The molecule has 1 aromatic carbocycles. The number of anilines is 1. The minimum Gasteiger partial charge on any atom is -0.396 e. The number of nitrogens with one attached hydrogen (secondary N) is 1. The first-order valence-electron chi connectivity index (χ1n) is 6.71. The number of carbonyl (C=O) groups excluding carboxylic acids is 1. The largest absolute Gasteiger partial charge is 0.396 e. The molecule has 2 N–H and O–H groups in total. The molecular weight excluding hydrogens is 240 g/mol. The number of hydrogen-bond donors (Lipinski definition) is 2. The number of rotatable bonds is 3. The van der Waals surface area contributed by atoms with E-state index in [4.69, 9.17) is 5.11 Å². The van der Waals surface area contributed by atoms with Crippen LogP contribution in [0.3, 0.4) is 0 Å². The van der Waals surface area contributed by atoms with Gasteiger partial charge in [-0.05, 0) is 38.8 Å². The van der Waals surface area contributed by atoms with E-state index in [-0.39, 0.29) is 24.1 Å². The third kappa shape index (κ3) is 2.65. The van der Waals surface area contributed by atoms with Crippen molar-refractivity contribution in [1.29, 1.82) is 0 Å². The molecule has 4 nitrogen and oxygen atoms in total. The van der Waals surface area contributed by atoms with E-state index < -0.39 is 0 Å². The summed E-state index contributed by atoms with van der Waals surface area (Å²) in [7, 11) is 0. The summed E-state index contributed by atoms with van der Waals surface area (Å²) in [6, 6.07) is 7.63. The minimum absolute atomic E-state index is 0.0193. The first kappa shape index (κ1) is 14.0. The highest BCUT2D eigenvalue weighted by molar-refractivity contribution is 6.00. The van der Waals surface area contributed by atoms with Crippen LogP contribution in [0, 0.1) is 6.92 Å². The van der Waals surface area contributed by atoms with Crippen molar-refractivity contribution in [3.8, 4) is 0 Å². The maximum absolute atomic E-state index is 12.6. The van der Waals surface area contributed by atoms with Gasteiger partial charge < -0.3 is 15.3 Å². The lowest BCUT2D eigenvalue weighted by Crippen LogP contribution is -2.65. The number of aliphatic hydroxyl groups excluding tert-OH is 1. The van der Waals surface area contributed by atoms with Crippen LogP contribution in [0.25, 0.3) is 0 Å². The van der Waals surface area contributed by atoms with E-state index in [0.717, 1.165) is 17.8 Å². The van der Waals surface area contributed by atoms with Gasteiger partial charge in [-0.1, -0.05) is 18.2 Å². The van der Waals surface area contributed by atoms with Crippen LogP contribution >= 0.6 is 0 Å². The standard InChI is InChI=1S/C15H22N2O2/c1-11-6-4-5-7-13(11)17-14(19)12(8-9-18)16-10-15(17,2)3/h4-7,12,16,18H,8-10H2,1-3H3. The molecule has 0 aliphatic carbocycles. The second-order valence-electron chi connectivity index (χ2n) is 5.72. The van der Waals surface area contributed by atoms with E-state index in [2.05, 4.69) is 19.2 Å². The molecule has 1 aliphatic heterocycles. The first-order valence-corrected chi connectivity index (χ1v) is 6.71. The van der Waals surface area contributed by atoms with Crippen LogP contribution in [0.1, 0.15) is 25.8 Å². The van der Waals surface area contributed by atoms with Crippen molar-refractivity contribution in [2.45, 2.75) is 38.8 Å². The lowest BCUT2D eigenvalue weighted by Gasteiger charge is -2.46. The van der Waals surface area contributed by atoms with E-state index in [0.29, 0.717) is 6.42 Å². The highest BCUT2D eigenvalue weighted by Gasteiger charge is 2.40. The Kier molecular flexibility index (Phi) is 3.92. The van der Waals surface area contributed by atoms with Gasteiger partial charge in [-0.15, -0.1) is 0 Å².